The zero-order chi connectivity index (χ0) is 18.8. The third-order valence-corrected chi connectivity index (χ3v) is 4.74. The largest absolute Gasteiger partial charge is 0.465 e. The Morgan fingerprint density at radius 1 is 1.22 bits per heavy atom. The van der Waals surface area contributed by atoms with Crippen LogP contribution in [0.15, 0.2) is 54.2 Å². The summed E-state index contributed by atoms with van der Waals surface area (Å²) in [5.41, 5.74) is 8.83. The molecule has 2 N–H and O–H groups in total. The first kappa shape index (κ1) is 16.9. The average Bonchev–Trinajstić information content (AvgIpc) is 3.28. The van der Waals surface area contributed by atoms with Crippen LogP contribution in [0, 0.1) is 0 Å². The first-order valence-corrected chi connectivity index (χ1v) is 8.95. The van der Waals surface area contributed by atoms with Crippen LogP contribution in [0.2, 0.25) is 0 Å². The molecular formula is C19H15N5O2S. The molecule has 0 aliphatic carbocycles. The molecule has 1 aromatic carbocycles. The summed E-state index contributed by atoms with van der Waals surface area (Å²) in [7, 11) is 1.33. The lowest BCUT2D eigenvalue weighted by atomic mass is 10.1. The van der Waals surface area contributed by atoms with Crippen LogP contribution in [-0.2, 0) is 9.53 Å². The molecule has 27 heavy (non-hydrogen) atoms. The number of methoxy groups -OCH3 is 1. The number of hydrogen-bond acceptors (Lipinski definition) is 7. The summed E-state index contributed by atoms with van der Waals surface area (Å²) in [6.45, 7) is 0. The van der Waals surface area contributed by atoms with E-state index in [1.165, 1.54) is 24.6 Å². The summed E-state index contributed by atoms with van der Waals surface area (Å²) >= 11 is 1.52. The summed E-state index contributed by atoms with van der Waals surface area (Å²) in [5.74, 6) is -0.433. The van der Waals surface area contributed by atoms with E-state index in [-0.39, 0.29) is 11.5 Å². The van der Waals surface area contributed by atoms with Crippen LogP contribution >= 0.6 is 11.3 Å². The Hall–Kier alpha value is -3.52. The Bertz CT molecular complexity index is 1150. The van der Waals surface area contributed by atoms with E-state index < -0.39 is 5.97 Å². The number of hydrogen-bond donors (Lipinski definition) is 1. The summed E-state index contributed by atoms with van der Waals surface area (Å²) in [4.78, 5) is 26.0. The van der Waals surface area contributed by atoms with Gasteiger partial charge in [-0.05, 0) is 12.1 Å². The molecule has 134 valence electrons. The molecule has 0 amide bonds. The summed E-state index contributed by atoms with van der Waals surface area (Å²) in [6, 6.07) is 11.4. The molecule has 0 saturated carbocycles. The minimum atomic E-state index is -0.516. The van der Waals surface area contributed by atoms with Crippen molar-refractivity contribution < 1.29 is 9.53 Å². The van der Waals surface area contributed by atoms with Crippen molar-refractivity contribution in [3.05, 3.63) is 65.6 Å². The zero-order valence-electron chi connectivity index (χ0n) is 14.4. The molecule has 7 nitrogen and oxygen atoms in total. The van der Waals surface area contributed by atoms with Crippen LogP contribution in [-0.4, -0.2) is 32.4 Å². The number of carbonyl (C=O) groups is 1. The van der Waals surface area contributed by atoms with E-state index in [0.717, 1.165) is 21.9 Å². The first-order valence-electron chi connectivity index (χ1n) is 8.07. The van der Waals surface area contributed by atoms with E-state index in [2.05, 4.69) is 9.97 Å². The quantitative estimate of drug-likeness (QED) is 0.434. The van der Waals surface area contributed by atoms with Gasteiger partial charge in [-0.25, -0.2) is 19.7 Å². The number of aromatic nitrogens is 4. The van der Waals surface area contributed by atoms with Gasteiger partial charge < -0.3 is 10.5 Å². The maximum Gasteiger partial charge on any atom is 0.340 e. The standard InChI is InChI=1S/C19H15N5O2S/c1-26-17(25)13(14-7-8-21-18(20)22-14)11-15-16(12-5-3-2-4-6-12)23-19-24(15)9-10-27-19/h2-11H,1H3,(H2,20,21,22). The van der Waals surface area contributed by atoms with Gasteiger partial charge in [-0.15, -0.1) is 11.3 Å². The van der Waals surface area contributed by atoms with Gasteiger partial charge in [0.2, 0.25) is 5.95 Å². The molecule has 0 atom stereocenters. The maximum absolute atomic E-state index is 12.5. The molecular weight excluding hydrogens is 362 g/mol. The van der Waals surface area contributed by atoms with Gasteiger partial charge in [0.1, 0.15) is 0 Å². The van der Waals surface area contributed by atoms with Gasteiger partial charge >= 0.3 is 5.97 Å². The van der Waals surface area contributed by atoms with E-state index in [0.29, 0.717) is 5.69 Å². The lowest BCUT2D eigenvalue weighted by molar-refractivity contribution is -0.133. The van der Waals surface area contributed by atoms with Crippen molar-refractivity contribution in [3.8, 4) is 11.3 Å². The third kappa shape index (κ3) is 3.18. The van der Waals surface area contributed by atoms with Crippen LogP contribution in [0.5, 0.6) is 0 Å². The van der Waals surface area contributed by atoms with Crippen LogP contribution in [0.4, 0.5) is 5.95 Å². The van der Waals surface area contributed by atoms with Gasteiger partial charge in [0.05, 0.1) is 29.8 Å². The molecule has 3 aromatic heterocycles. The molecule has 0 radical (unpaired) electrons. The van der Waals surface area contributed by atoms with E-state index in [4.69, 9.17) is 15.5 Å². The number of nitrogens with zero attached hydrogens (tertiary/aromatic N) is 4. The molecule has 4 aromatic rings. The number of benzene rings is 1. The van der Waals surface area contributed by atoms with Crippen molar-refractivity contribution in [2.75, 3.05) is 12.8 Å². The average molecular weight is 377 g/mol. The predicted octanol–water partition coefficient (Wildman–Crippen LogP) is 3.15. The van der Waals surface area contributed by atoms with Gasteiger partial charge in [0.25, 0.3) is 0 Å². The van der Waals surface area contributed by atoms with E-state index in [1.807, 2.05) is 46.3 Å². The van der Waals surface area contributed by atoms with Crippen LogP contribution < -0.4 is 5.73 Å². The van der Waals surface area contributed by atoms with Crippen LogP contribution in [0.25, 0.3) is 27.9 Å². The monoisotopic (exact) mass is 377 g/mol. The minimum absolute atomic E-state index is 0.0829. The number of nitrogens with two attached hydrogens (primary N) is 1. The predicted molar refractivity (Wildman–Crippen MR) is 105 cm³/mol. The highest BCUT2D eigenvalue weighted by molar-refractivity contribution is 7.15. The third-order valence-electron chi connectivity index (χ3n) is 3.98. The fourth-order valence-electron chi connectivity index (χ4n) is 2.76. The molecule has 3 heterocycles. The van der Waals surface area contributed by atoms with Gasteiger partial charge in [0, 0.05) is 23.3 Å². The number of rotatable bonds is 4. The first-order chi connectivity index (χ1) is 13.2. The number of carbonyl (C=O) groups excluding carboxylic acids is 1. The van der Waals surface area contributed by atoms with Gasteiger partial charge in [0.15, 0.2) is 4.96 Å². The Balaban J connectivity index is 1.96. The lowest BCUT2D eigenvalue weighted by Crippen LogP contribution is -2.07. The smallest absolute Gasteiger partial charge is 0.340 e. The summed E-state index contributed by atoms with van der Waals surface area (Å²) < 4.78 is 6.89. The zero-order valence-corrected chi connectivity index (χ0v) is 15.2. The molecule has 0 bridgehead atoms. The molecule has 8 heteroatoms. The fourth-order valence-corrected chi connectivity index (χ4v) is 3.48. The molecule has 0 unspecified atom stereocenters. The molecule has 4 rings (SSSR count). The number of thiazole rings is 1. The van der Waals surface area contributed by atoms with Crippen molar-refractivity contribution in [2.45, 2.75) is 0 Å². The number of anilines is 1. The molecule has 0 fully saturated rings. The van der Waals surface area contributed by atoms with Crippen LogP contribution in [0.1, 0.15) is 11.4 Å². The summed E-state index contributed by atoms with van der Waals surface area (Å²) in [5, 5.41) is 1.94. The second-order valence-electron chi connectivity index (χ2n) is 5.62. The molecule has 0 spiro atoms. The van der Waals surface area contributed by atoms with Gasteiger partial charge in [-0.2, -0.15) is 0 Å². The molecule has 0 saturated heterocycles. The number of ether oxygens (including phenoxy) is 1. The SMILES string of the molecule is COC(=O)C(=Cc1c(-c2ccccc2)nc2sccn12)c1ccnc(N)n1. The number of imidazole rings is 1. The second kappa shape index (κ2) is 7.00. The van der Waals surface area contributed by atoms with E-state index in [9.17, 15) is 4.79 Å². The van der Waals surface area contributed by atoms with Crippen molar-refractivity contribution in [1.29, 1.82) is 0 Å². The van der Waals surface area contributed by atoms with Crippen molar-refractivity contribution in [2.24, 2.45) is 0 Å². The highest BCUT2D eigenvalue weighted by Crippen LogP contribution is 2.30. The van der Waals surface area contributed by atoms with Gasteiger partial charge in [-0.1, -0.05) is 30.3 Å². The number of fused-ring (bicyclic) bond motifs is 1. The Kier molecular flexibility index (Phi) is 4.39. The number of nitrogen functional groups attached to an aromatic ring is 1. The molecule has 0 aliphatic rings. The Morgan fingerprint density at radius 2 is 2.04 bits per heavy atom. The highest BCUT2D eigenvalue weighted by Gasteiger charge is 2.19. The highest BCUT2D eigenvalue weighted by atomic mass is 32.1. The van der Waals surface area contributed by atoms with Crippen LogP contribution in [0.3, 0.4) is 0 Å². The number of esters is 1. The minimum Gasteiger partial charge on any atom is -0.465 e. The van der Waals surface area contributed by atoms with Crippen molar-refractivity contribution >= 4 is 39.9 Å². The summed E-state index contributed by atoms with van der Waals surface area (Å²) in [6.07, 6.45) is 5.14. The lowest BCUT2D eigenvalue weighted by Gasteiger charge is -2.07. The fraction of sp³-hybridized carbons (Fsp3) is 0.0526. The molecule has 0 aliphatic heterocycles. The Morgan fingerprint density at radius 3 is 2.78 bits per heavy atom. The van der Waals surface area contributed by atoms with Gasteiger partial charge in [-0.3, -0.25) is 4.40 Å². The Labute approximate surface area is 158 Å². The normalized spacial score (nSPS) is 11.7. The topological polar surface area (TPSA) is 95.4 Å². The van der Waals surface area contributed by atoms with E-state index in [1.54, 1.807) is 12.1 Å². The maximum atomic E-state index is 12.5. The van der Waals surface area contributed by atoms with Crippen molar-refractivity contribution in [3.63, 3.8) is 0 Å². The van der Waals surface area contributed by atoms with Crippen molar-refractivity contribution in [1.82, 2.24) is 19.4 Å². The second-order valence-corrected chi connectivity index (χ2v) is 6.49. The van der Waals surface area contributed by atoms with E-state index >= 15 is 0 Å².